The number of urea groups is 1. The first-order valence-corrected chi connectivity index (χ1v) is 6.68. The Kier molecular flexibility index (Phi) is 7.08. The predicted octanol–water partition coefficient (Wildman–Crippen LogP) is 0.680. The lowest BCUT2D eigenvalue weighted by Crippen LogP contribution is -2.41. The summed E-state index contributed by atoms with van der Waals surface area (Å²) in [7, 11) is 0. The van der Waals surface area contributed by atoms with E-state index in [1.807, 2.05) is 6.92 Å². The smallest absolute Gasteiger partial charge is 0.314 e. The molecule has 0 aliphatic carbocycles. The molecule has 4 N–H and O–H groups in total. The van der Waals surface area contributed by atoms with Gasteiger partial charge in [0.05, 0.1) is 0 Å². The van der Waals surface area contributed by atoms with Gasteiger partial charge in [-0.3, -0.25) is 9.89 Å². The zero-order valence-corrected chi connectivity index (χ0v) is 11.6. The van der Waals surface area contributed by atoms with Crippen LogP contribution in [0.5, 0.6) is 0 Å². The lowest BCUT2D eigenvalue weighted by atomic mass is 10.1. The van der Waals surface area contributed by atoms with E-state index in [9.17, 15) is 9.59 Å². The molecule has 1 heterocycles. The summed E-state index contributed by atoms with van der Waals surface area (Å²) >= 11 is 0. The SMILES string of the molecule is CC(CCCC(=O)O)NC(=O)NCCCc1ncn[nH]1. The van der Waals surface area contributed by atoms with Crippen LogP contribution in [0.3, 0.4) is 0 Å². The van der Waals surface area contributed by atoms with E-state index in [0.717, 1.165) is 18.7 Å². The molecular formula is C12H21N5O3. The first-order valence-electron chi connectivity index (χ1n) is 6.68. The highest BCUT2D eigenvalue weighted by atomic mass is 16.4. The maximum atomic E-state index is 11.5. The Balaban J connectivity index is 2.03. The number of aliphatic carboxylic acids is 1. The zero-order valence-electron chi connectivity index (χ0n) is 11.6. The minimum absolute atomic E-state index is 0.0383. The summed E-state index contributed by atoms with van der Waals surface area (Å²) in [5, 5.41) is 20.5. The molecule has 1 atom stereocenters. The van der Waals surface area contributed by atoms with Crippen molar-refractivity contribution in [3.05, 3.63) is 12.2 Å². The molecule has 0 aliphatic rings. The Hall–Kier alpha value is -2.12. The van der Waals surface area contributed by atoms with Gasteiger partial charge in [-0.1, -0.05) is 0 Å². The van der Waals surface area contributed by atoms with Gasteiger partial charge < -0.3 is 15.7 Å². The number of aryl methyl sites for hydroxylation is 1. The molecule has 2 amide bonds. The molecule has 0 saturated heterocycles. The second-order valence-corrected chi connectivity index (χ2v) is 4.62. The fourth-order valence-electron chi connectivity index (χ4n) is 1.72. The number of rotatable bonds is 9. The summed E-state index contributed by atoms with van der Waals surface area (Å²) < 4.78 is 0. The van der Waals surface area contributed by atoms with Crippen LogP contribution in [0.25, 0.3) is 0 Å². The van der Waals surface area contributed by atoms with E-state index in [-0.39, 0.29) is 18.5 Å². The first-order chi connectivity index (χ1) is 9.58. The summed E-state index contributed by atoms with van der Waals surface area (Å²) in [6, 6.07) is -0.269. The number of amides is 2. The number of aromatic amines is 1. The van der Waals surface area contributed by atoms with Crippen molar-refractivity contribution < 1.29 is 14.7 Å². The van der Waals surface area contributed by atoms with Crippen LogP contribution >= 0.6 is 0 Å². The van der Waals surface area contributed by atoms with Crippen molar-refractivity contribution in [2.45, 2.75) is 45.1 Å². The van der Waals surface area contributed by atoms with Crippen LogP contribution in [0.1, 0.15) is 38.4 Å². The third kappa shape index (κ3) is 7.34. The van der Waals surface area contributed by atoms with Crippen LogP contribution in [0.2, 0.25) is 0 Å². The summed E-state index contributed by atoms with van der Waals surface area (Å²) in [5.41, 5.74) is 0. The van der Waals surface area contributed by atoms with Gasteiger partial charge in [0.1, 0.15) is 12.2 Å². The fraction of sp³-hybridized carbons (Fsp3) is 0.667. The topological polar surface area (TPSA) is 120 Å². The average Bonchev–Trinajstić information content (AvgIpc) is 2.87. The minimum atomic E-state index is -0.811. The molecular weight excluding hydrogens is 262 g/mol. The summed E-state index contributed by atoms with van der Waals surface area (Å²) in [6.45, 7) is 2.41. The molecule has 20 heavy (non-hydrogen) atoms. The Morgan fingerprint density at radius 2 is 2.25 bits per heavy atom. The number of carbonyl (C=O) groups excluding carboxylic acids is 1. The van der Waals surface area contributed by atoms with E-state index in [4.69, 9.17) is 5.11 Å². The van der Waals surface area contributed by atoms with Gasteiger partial charge in [0.15, 0.2) is 0 Å². The van der Waals surface area contributed by atoms with Crippen molar-refractivity contribution in [1.82, 2.24) is 25.8 Å². The number of nitrogens with zero attached hydrogens (tertiary/aromatic N) is 2. The van der Waals surface area contributed by atoms with Gasteiger partial charge in [0.2, 0.25) is 0 Å². The lowest BCUT2D eigenvalue weighted by molar-refractivity contribution is -0.137. The van der Waals surface area contributed by atoms with Crippen molar-refractivity contribution in [3.63, 3.8) is 0 Å². The first kappa shape index (κ1) is 15.9. The number of carbonyl (C=O) groups is 2. The van der Waals surface area contributed by atoms with Crippen molar-refractivity contribution in [2.24, 2.45) is 0 Å². The molecule has 0 aliphatic heterocycles. The highest BCUT2D eigenvalue weighted by Crippen LogP contribution is 2.00. The van der Waals surface area contributed by atoms with E-state index in [2.05, 4.69) is 25.8 Å². The largest absolute Gasteiger partial charge is 0.481 e. The highest BCUT2D eigenvalue weighted by Gasteiger charge is 2.07. The Morgan fingerprint density at radius 1 is 1.45 bits per heavy atom. The van der Waals surface area contributed by atoms with Crippen molar-refractivity contribution in [3.8, 4) is 0 Å². The molecule has 1 aromatic rings. The zero-order chi connectivity index (χ0) is 14.8. The van der Waals surface area contributed by atoms with Crippen LogP contribution in [-0.2, 0) is 11.2 Å². The van der Waals surface area contributed by atoms with Gasteiger partial charge in [0, 0.05) is 25.4 Å². The quantitative estimate of drug-likeness (QED) is 0.497. The van der Waals surface area contributed by atoms with Crippen molar-refractivity contribution >= 4 is 12.0 Å². The predicted molar refractivity (Wildman–Crippen MR) is 72.2 cm³/mol. The molecule has 0 spiro atoms. The summed E-state index contributed by atoms with van der Waals surface area (Å²) in [6.07, 6.45) is 4.30. The van der Waals surface area contributed by atoms with Gasteiger partial charge in [-0.2, -0.15) is 5.10 Å². The van der Waals surface area contributed by atoms with Gasteiger partial charge in [0.25, 0.3) is 0 Å². The van der Waals surface area contributed by atoms with Gasteiger partial charge in [-0.15, -0.1) is 0 Å². The van der Waals surface area contributed by atoms with Crippen LogP contribution in [0, 0.1) is 0 Å². The van der Waals surface area contributed by atoms with E-state index in [0.29, 0.717) is 19.4 Å². The monoisotopic (exact) mass is 283 g/mol. The Labute approximate surface area is 117 Å². The van der Waals surface area contributed by atoms with Crippen molar-refractivity contribution in [1.29, 1.82) is 0 Å². The van der Waals surface area contributed by atoms with E-state index in [1.54, 1.807) is 0 Å². The minimum Gasteiger partial charge on any atom is -0.481 e. The third-order valence-corrected chi connectivity index (χ3v) is 2.75. The maximum Gasteiger partial charge on any atom is 0.314 e. The molecule has 0 bridgehead atoms. The van der Waals surface area contributed by atoms with Crippen LogP contribution in [0.4, 0.5) is 4.79 Å². The number of hydrogen-bond donors (Lipinski definition) is 4. The van der Waals surface area contributed by atoms with Gasteiger partial charge >= 0.3 is 12.0 Å². The number of carboxylic acids is 1. The van der Waals surface area contributed by atoms with Gasteiger partial charge in [-0.25, -0.2) is 9.78 Å². The molecule has 8 heteroatoms. The molecule has 8 nitrogen and oxygen atoms in total. The Morgan fingerprint density at radius 3 is 2.90 bits per heavy atom. The number of nitrogens with one attached hydrogen (secondary N) is 3. The molecule has 112 valence electrons. The molecule has 1 rings (SSSR count). The maximum absolute atomic E-state index is 11.5. The second-order valence-electron chi connectivity index (χ2n) is 4.62. The van der Waals surface area contributed by atoms with E-state index < -0.39 is 5.97 Å². The highest BCUT2D eigenvalue weighted by molar-refractivity contribution is 5.74. The number of carboxylic acid groups (broad SMARTS) is 1. The fourth-order valence-corrected chi connectivity index (χ4v) is 1.72. The molecule has 0 radical (unpaired) electrons. The number of aromatic nitrogens is 3. The molecule has 0 aromatic carbocycles. The number of H-pyrrole nitrogens is 1. The van der Waals surface area contributed by atoms with Crippen LogP contribution in [0.15, 0.2) is 6.33 Å². The van der Waals surface area contributed by atoms with Gasteiger partial charge in [-0.05, 0) is 26.2 Å². The standard InChI is InChI=1S/C12H21N5O3/c1-9(4-2-6-11(18)19)16-12(20)13-7-3-5-10-14-8-15-17-10/h8-9H,2-7H2,1H3,(H,18,19)(H2,13,16,20)(H,14,15,17). The normalized spacial score (nSPS) is 11.8. The molecule has 1 aromatic heterocycles. The van der Waals surface area contributed by atoms with E-state index >= 15 is 0 Å². The molecule has 0 saturated carbocycles. The van der Waals surface area contributed by atoms with E-state index in [1.165, 1.54) is 6.33 Å². The van der Waals surface area contributed by atoms with Crippen LogP contribution < -0.4 is 10.6 Å². The molecule has 1 unspecified atom stereocenters. The van der Waals surface area contributed by atoms with Crippen molar-refractivity contribution in [2.75, 3.05) is 6.54 Å². The Bertz CT molecular complexity index is 407. The van der Waals surface area contributed by atoms with Crippen LogP contribution in [-0.4, -0.2) is 44.9 Å². The summed E-state index contributed by atoms with van der Waals surface area (Å²) in [4.78, 5) is 25.9. The lowest BCUT2D eigenvalue weighted by Gasteiger charge is -2.13. The average molecular weight is 283 g/mol. The second kappa shape index (κ2) is 8.89. The number of hydrogen-bond acceptors (Lipinski definition) is 4. The summed E-state index contributed by atoms with van der Waals surface area (Å²) in [5.74, 6) is -0.0108. The third-order valence-electron chi connectivity index (χ3n) is 2.75. The molecule has 0 fully saturated rings.